The molecule has 0 fully saturated rings. The summed E-state index contributed by atoms with van der Waals surface area (Å²) in [7, 11) is 0. The Labute approximate surface area is 161 Å². The smallest absolute Gasteiger partial charge is 0.307 e. The molecule has 2 aromatic carbocycles. The van der Waals surface area contributed by atoms with Gasteiger partial charge in [0, 0.05) is 22.7 Å². The van der Waals surface area contributed by atoms with Crippen LogP contribution in [-0.4, -0.2) is 23.8 Å². The van der Waals surface area contributed by atoms with E-state index in [9.17, 15) is 18.8 Å². The maximum atomic E-state index is 13.5. The van der Waals surface area contributed by atoms with Crippen LogP contribution in [0.3, 0.4) is 0 Å². The Bertz CT molecular complexity index is 852. The van der Waals surface area contributed by atoms with Crippen LogP contribution in [0.4, 0.5) is 10.1 Å². The number of amides is 1. The first-order valence-electron chi connectivity index (χ1n) is 8.31. The van der Waals surface area contributed by atoms with E-state index in [0.29, 0.717) is 16.1 Å². The summed E-state index contributed by atoms with van der Waals surface area (Å²) in [6.45, 7) is 3.01. The fourth-order valence-corrected chi connectivity index (χ4v) is 2.35. The highest BCUT2D eigenvalue weighted by Gasteiger charge is 2.19. The molecular weight excluding hydrogens is 373 g/mol. The third-order valence-corrected chi connectivity index (χ3v) is 4.09. The number of hydrogen-bond acceptors (Lipinski definition) is 4. The van der Waals surface area contributed by atoms with Crippen molar-refractivity contribution in [2.24, 2.45) is 0 Å². The van der Waals surface area contributed by atoms with E-state index in [1.54, 1.807) is 37.3 Å². The number of halogens is 2. The number of nitrogens with one attached hydrogen (secondary N) is 1. The molecule has 7 heteroatoms. The van der Waals surface area contributed by atoms with Crippen LogP contribution in [-0.2, 0) is 14.3 Å². The molecule has 1 atom stereocenters. The molecule has 0 radical (unpaired) electrons. The number of Topliss-reactive ketones (excluding diaryl/α,β-unsaturated/α-hetero) is 1. The quantitative estimate of drug-likeness (QED) is 0.563. The number of hydrogen-bond donors (Lipinski definition) is 1. The van der Waals surface area contributed by atoms with E-state index in [2.05, 4.69) is 5.32 Å². The predicted molar refractivity (Wildman–Crippen MR) is 100 cm³/mol. The van der Waals surface area contributed by atoms with Gasteiger partial charge in [-0.1, -0.05) is 17.7 Å². The van der Waals surface area contributed by atoms with E-state index in [1.807, 2.05) is 0 Å². The number of benzene rings is 2. The lowest BCUT2D eigenvalue weighted by atomic mass is 10.1. The summed E-state index contributed by atoms with van der Waals surface area (Å²) in [6.07, 6.45) is -1.27. The van der Waals surface area contributed by atoms with Crippen LogP contribution in [0.25, 0.3) is 0 Å². The summed E-state index contributed by atoms with van der Waals surface area (Å²) >= 11 is 5.76. The zero-order valence-electron chi connectivity index (χ0n) is 14.9. The molecule has 2 rings (SSSR count). The molecule has 0 aliphatic heterocycles. The molecular formula is C20H19ClFNO4. The van der Waals surface area contributed by atoms with Gasteiger partial charge in [-0.3, -0.25) is 14.4 Å². The van der Waals surface area contributed by atoms with Gasteiger partial charge in [0.25, 0.3) is 5.91 Å². The first-order valence-corrected chi connectivity index (χ1v) is 8.69. The fraction of sp³-hybridized carbons (Fsp3) is 0.250. The standard InChI is InChI=1S/C20H19ClFNO4/c1-12-3-8-16(11-17(12)22)23-20(26)13(2)27-19(25)10-9-18(24)14-4-6-15(21)7-5-14/h3-8,11,13H,9-10H2,1-2H3,(H,23,26). The molecule has 0 bridgehead atoms. The topological polar surface area (TPSA) is 72.5 Å². The molecule has 0 spiro atoms. The zero-order chi connectivity index (χ0) is 20.0. The Morgan fingerprint density at radius 1 is 1.11 bits per heavy atom. The van der Waals surface area contributed by atoms with Gasteiger partial charge in [-0.05, 0) is 55.8 Å². The van der Waals surface area contributed by atoms with Crippen LogP contribution < -0.4 is 5.32 Å². The molecule has 0 heterocycles. The average molecular weight is 392 g/mol. The number of ketones is 1. The average Bonchev–Trinajstić information content (AvgIpc) is 2.63. The molecule has 0 saturated heterocycles. The second kappa shape index (κ2) is 9.28. The number of carbonyl (C=O) groups is 3. The molecule has 1 unspecified atom stereocenters. The molecule has 0 aromatic heterocycles. The largest absolute Gasteiger partial charge is 0.453 e. The second-order valence-electron chi connectivity index (χ2n) is 6.02. The summed E-state index contributed by atoms with van der Waals surface area (Å²) in [6, 6.07) is 10.6. The van der Waals surface area contributed by atoms with Gasteiger partial charge >= 0.3 is 5.97 Å². The molecule has 2 aromatic rings. The van der Waals surface area contributed by atoms with E-state index in [-0.39, 0.29) is 24.3 Å². The molecule has 0 aliphatic rings. The lowest BCUT2D eigenvalue weighted by molar-refractivity contribution is -0.153. The van der Waals surface area contributed by atoms with Gasteiger partial charge in [0.15, 0.2) is 11.9 Å². The Hall–Kier alpha value is -2.73. The summed E-state index contributed by atoms with van der Waals surface area (Å²) < 4.78 is 18.5. The predicted octanol–water partition coefficient (Wildman–Crippen LogP) is 4.32. The summed E-state index contributed by atoms with van der Waals surface area (Å²) in [5, 5.41) is 2.99. The van der Waals surface area contributed by atoms with E-state index in [1.165, 1.54) is 19.1 Å². The van der Waals surface area contributed by atoms with Gasteiger partial charge in [-0.25, -0.2) is 4.39 Å². The van der Waals surface area contributed by atoms with E-state index in [4.69, 9.17) is 16.3 Å². The van der Waals surface area contributed by atoms with Gasteiger partial charge in [0.2, 0.25) is 0 Å². The number of rotatable bonds is 7. The molecule has 0 saturated carbocycles. The van der Waals surface area contributed by atoms with Crippen LogP contribution >= 0.6 is 11.6 Å². The number of aryl methyl sites for hydroxylation is 1. The fourth-order valence-electron chi connectivity index (χ4n) is 2.22. The van der Waals surface area contributed by atoms with E-state index < -0.39 is 23.8 Å². The lowest BCUT2D eigenvalue weighted by Crippen LogP contribution is -2.30. The van der Waals surface area contributed by atoms with Crippen LogP contribution in [0.15, 0.2) is 42.5 Å². The van der Waals surface area contributed by atoms with Crippen LogP contribution in [0, 0.1) is 12.7 Å². The van der Waals surface area contributed by atoms with Gasteiger partial charge in [0.05, 0.1) is 6.42 Å². The molecule has 1 amide bonds. The Kier molecular flexibility index (Phi) is 7.07. The Morgan fingerprint density at radius 2 is 1.78 bits per heavy atom. The van der Waals surface area contributed by atoms with Gasteiger partial charge in [-0.2, -0.15) is 0 Å². The van der Waals surface area contributed by atoms with Crippen LogP contribution in [0.2, 0.25) is 5.02 Å². The molecule has 5 nitrogen and oxygen atoms in total. The minimum atomic E-state index is -1.08. The first-order chi connectivity index (χ1) is 12.8. The van der Waals surface area contributed by atoms with Crippen LogP contribution in [0.1, 0.15) is 35.7 Å². The molecule has 142 valence electrons. The minimum absolute atomic E-state index is 0.0437. The highest BCUT2D eigenvalue weighted by Crippen LogP contribution is 2.15. The zero-order valence-corrected chi connectivity index (χ0v) is 15.7. The van der Waals surface area contributed by atoms with Crippen molar-refractivity contribution in [1.82, 2.24) is 0 Å². The number of esters is 1. The molecule has 27 heavy (non-hydrogen) atoms. The van der Waals surface area contributed by atoms with Crippen molar-refractivity contribution in [2.75, 3.05) is 5.32 Å². The van der Waals surface area contributed by atoms with Crippen molar-refractivity contribution in [3.05, 3.63) is 64.4 Å². The minimum Gasteiger partial charge on any atom is -0.453 e. The summed E-state index contributed by atoms with van der Waals surface area (Å²) in [4.78, 5) is 35.9. The van der Waals surface area contributed by atoms with Gasteiger partial charge < -0.3 is 10.1 Å². The third kappa shape index (κ3) is 6.18. The van der Waals surface area contributed by atoms with Crippen molar-refractivity contribution < 1.29 is 23.5 Å². The van der Waals surface area contributed by atoms with Crippen molar-refractivity contribution in [1.29, 1.82) is 0 Å². The first kappa shape index (κ1) is 20.6. The maximum absolute atomic E-state index is 13.5. The van der Waals surface area contributed by atoms with Crippen molar-refractivity contribution >= 4 is 34.9 Å². The number of anilines is 1. The highest BCUT2D eigenvalue weighted by atomic mass is 35.5. The lowest BCUT2D eigenvalue weighted by Gasteiger charge is -2.13. The third-order valence-electron chi connectivity index (χ3n) is 3.84. The molecule has 1 N–H and O–H groups in total. The van der Waals surface area contributed by atoms with Crippen LogP contribution in [0.5, 0.6) is 0 Å². The van der Waals surface area contributed by atoms with Gasteiger partial charge in [0.1, 0.15) is 5.82 Å². The maximum Gasteiger partial charge on any atom is 0.307 e. The Balaban J connectivity index is 1.81. The van der Waals surface area contributed by atoms with E-state index >= 15 is 0 Å². The molecule has 0 aliphatic carbocycles. The summed E-state index contributed by atoms with van der Waals surface area (Å²) in [5.74, 6) is -1.93. The Morgan fingerprint density at radius 3 is 2.41 bits per heavy atom. The SMILES string of the molecule is Cc1ccc(NC(=O)C(C)OC(=O)CCC(=O)c2ccc(Cl)cc2)cc1F. The normalized spacial score (nSPS) is 11.6. The van der Waals surface area contributed by atoms with Crippen molar-refractivity contribution in [2.45, 2.75) is 32.8 Å². The van der Waals surface area contributed by atoms with Crippen molar-refractivity contribution in [3.63, 3.8) is 0 Å². The number of carbonyl (C=O) groups excluding carboxylic acids is 3. The summed E-state index contributed by atoms with van der Waals surface area (Å²) in [5.41, 5.74) is 1.17. The second-order valence-corrected chi connectivity index (χ2v) is 6.45. The monoisotopic (exact) mass is 391 g/mol. The van der Waals surface area contributed by atoms with Gasteiger partial charge in [-0.15, -0.1) is 0 Å². The highest BCUT2D eigenvalue weighted by molar-refractivity contribution is 6.30. The number of ether oxygens (including phenoxy) is 1. The van der Waals surface area contributed by atoms with E-state index in [0.717, 1.165) is 0 Å². The van der Waals surface area contributed by atoms with Crippen molar-refractivity contribution in [3.8, 4) is 0 Å².